The fourth-order valence-corrected chi connectivity index (χ4v) is 5.44. The first kappa shape index (κ1) is 15.6. The van der Waals surface area contributed by atoms with Gasteiger partial charge in [-0.1, -0.05) is 19.3 Å². The van der Waals surface area contributed by atoms with Crippen LogP contribution in [0.3, 0.4) is 0 Å². The van der Waals surface area contributed by atoms with E-state index in [1.54, 1.807) is 0 Å². The highest BCUT2D eigenvalue weighted by atomic mass is 32.2. The van der Waals surface area contributed by atoms with Gasteiger partial charge in [-0.15, -0.1) is 0 Å². The van der Waals surface area contributed by atoms with Gasteiger partial charge >= 0.3 is 6.09 Å². The number of carbonyl (C=O) groups excluding carboxylic acids is 2. The minimum absolute atomic E-state index is 0.0417. The summed E-state index contributed by atoms with van der Waals surface area (Å²) < 4.78 is 28.3. The zero-order valence-corrected chi connectivity index (χ0v) is 13.3. The Labute approximate surface area is 130 Å². The summed E-state index contributed by atoms with van der Waals surface area (Å²) in [6.45, 7) is 0.641. The maximum atomic E-state index is 12.0. The summed E-state index contributed by atoms with van der Waals surface area (Å²) in [5.41, 5.74) is 0. The van der Waals surface area contributed by atoms with Crippen molar-refractivity contribution < 1.29 is 22.7 Å². The minimum Gasteiger partial charge on any atom is -0.443 e. The van der Waals surface area contributed by atoms with Gasteiger partial charge in [0.1, 0.15) is 6.10 Å². The van der Waals surface area contributed by atoms with Gasteiger partial charge in [0.2, 0.25) is 5.91 Å². The van der Waals surface area contributed by atoms with Crippen molar-refractivity contribution in [3.8, 4) is 0 Å². The Kier molecular flexibility index (Phi) is 4.29. The predicted octanol–water partition coefficient (Wildman–Crippen LogP) is 0.301. The van der Waals surface area contributed by atoms with Crippen LogP contribution in [0.15, 0.2) is 0 Å². The molecule has 124 valence electrons. The van der Waals surface area contributed by atoms with Gasteiger partial charge in [0.25, 0.3) is 0 Å². The quantitative estimate of drug-likeness (QED) is 0.800. The number of nitrogens with one attached hydrogen (secondary N) is 1. The highest BCUT2D eigenvalue weighted by molar-refractivity contribution is 7.91. The first-order valence-electron chi connectivity index (χ1n) is 7.92. The molecule has 0 aromatic heterocycles. The molecule has 1 N–H and O–H groups in total. The molecule has 2 atom stereocenters. The second kappa shape index (κ2) is 6.06. The molecule has 0 spiro atoms. The van der Waals surface area contributed by atoms with Crippen LogP contribution in [-0.4, -0.2) is 62.1 Å². The normalized spacial score (nSPS) is 30.9. The van der Waals surface area contributed by atoms with E-state index in [4.69, 9.17) is 4.74 Å². The molecule has 3 fully saturated rings. The molecule has 2 amide bonds. The molecule has 0 aromatic carbocycles. The van der Waals surface area contributed by atoms with Crippen molar-refractivity contribution in [3.63, 3.8) is 0 Å². The zero-order valence-electron chi connectivity index (χ0n) is 12.5. The molecule has 8 heteroatoms. The second-order valence-corrected chi connectivity index (χ2v) is 8.54. The van der Waals surface area contributed by atoms with Crippen LogP contribution < -0.4 is 5.32 Å². The van der Waals surface area contributed by atoms with E-state index >= 15 is 0 Å². The average Bonchev–Trinajstić information content (AvgIpc) is 2.92. The molecule has 1 aliphatic carbocycles. The van der Waals surface area contributed by atoms with Crippen molar-refractivity contribution in [2.45, 2.75) is 44.2 Å². The molecule has 1 saturated carbocycles. The minimum atomic E-state index is -3.13. The first-order valence-corrected chi connectivity index (χ1v) is 9.74. The number of carbonyl (C=O) groups is 2. The molecule has 2 aliphatic heterocycles. The van der Waals surface area contributed by atoms with Gasteiger partial charge in [-0.25, -0.2) is 13.2 Å². The topological polar surface area (TPSA) is 92.8 Å². The second-order valence-electron chi connectivity index (χ2n) is 6.39. The van der Waals surface area contributed by atoms with Crippen molar-refractivity contribution in [3.05, 3.63) is 0 Å². The van der Waals surface area contributed by atoms with Gasteiger partial charge in [0.15, 0.2) is 9.84 Å². The van der Waals surface area contributed by atoms with E-state index in [9.17, 15) is 18.0 Å². The third-order valence-corrected chi connectivity index (χ3v) is 6.47. The Hall–Kier alpha value is -1.31. The highest BCUT2D eigenvalue weighted by Crippen LogP contribution is 2.28. The van der Waals surface area contributed by atoms with E-state index < -0.39 is 28.1 Å². The summed E-state index contributed by atoms with van der Waals surface area (Å²) in [5.74, 6) is -0.00402. The standard InChI is InChI=1S/C14H22N2O5S/c17-13(10-4-2-1-3-5-10)15-6-7-16-11-8-22(19,20)9-12(11)21-14(16)18/h10-12H,1-9H2,(H,15,17). The largest absolute Gasteiger partial charge is 0.443 e. The van der Waals surface area contributed by atoms with Gasteiger partial charge in [-0.2, -0.15) is 0 Å². The summed E-state index contributed by atoms with van der Waals surface area (Å²) in [6.07, 6.45) is 4.22. The summed E-state index contributed by atoms with van der Waals surface area (Å²) >= 11 is 0. The van der Waals surface area contributed by atoms with E-state index in [-0.39, 0.29) is 23.3 Å². The Bertz CT molecular complexity index is 556. The van der Waals surface area contributed by atoms with E-state index in [1.807, 2.05) is 0 Å². The Morgan fingerprint density at radius 3 is 2.68 bits per heavy atom. The van der Waals surface area contributed by atoms with Crippen molar-refractivity contribution >= 4 is 21.8 Å². The van der Waals surface area contributed by atoms with Crippen LogP contribution in [0.1, 0.15) is 32.1 Å². The third-order valence-electron chi connectivity index (χ3n) is 4.79. The Morgan fingerprint density at radius 2 is 1.95 bits per heavy atom. The zero-order chi connectivity index (χ0) is 15.7. The van der Waals surface area contributed by atoms with Gasteiger partial charge in [-0.3, -0.25) is 9.69 Å². The van der Waals surface area contributed by atoms with E-state index in [0.717, 1.165) is 25.7 Å². The van der Waals surface area contributed by atoms with Crippen LogP contribution in [-0.2, 0) is 19.4 Å². The number of sulfone groups is 1. The molecule has 3 aliphatic rings. The molecule has 0 radical (unpaired) electrons. The fraction of sp³-hybridized carbons (Fsp3) is 0.857. The van der Waals surface area contributed by atoms with Crippen LogP contribution in [0.2, 0.25) is 0 Å². The molecule has 0 aromatic rings. The van der Waals surface area contributed by atoms with Gasteiger partial charge in [0, 0.05) is 19.0 Å². The fourth-order valence-electron chi connectivity index (χ4n) is 3.60. The number of hydrogen-bond donors (Lipinski definition) is 1. The van der Waals surface area contributed by atoms with Crippen molar-refractivity contribution in [2.75, 3.05) is 24.6 Å². The lowest BCUT2D eigenvalue weighted by molar-refractivity contribution is -0.125. The predicted molar refractivity (Wildman–Crippen MR) is 79.0 cm³/mol. The van der Waals surface area contributed by atoms with E-state index in [1.165, 1.54) is 11.3 Å². The molecule has 2 saturated heterocycles. The first-order chi connectivity index (χ1) is 10.5. The number of nitrogens with zero attached hydrogens (tertiary/aromatic N) is 1. The number of rotatable bonds is 4. The maximum Gasteiger partial charge on any atom is 0.410 e. The van der Waals surface area contributed by atoms with E-state index in [2.05, 4.69) is 5.32 Å². The molecule has 22 heavy (non-hydrogen) atoms. The monoisotopic (exact) mass is 330 g/mol. The number of amides is 2. The Morgan fingerprint density at radius 1 is 1.23 bits per heavy atom. The van der Waals surface area contributed by atoms with Crippen LogP contribution in [0.25, 0.3) is 0 Å². The lowest BCUT2D eigenvalue weighted by atomic mass is 9.89. The van der Waals surface area contributed by atoms with Gasteiger partial charge in [-0.05, 0) is 12.8 Å². The molecule has 2 heterocycles. The lowest BCUT2D eigenvalue weighted by Gasteiger charge is -2.23. The summed E-state index contributed by atoms with van der Waals surface area (Å²) in [5, 5.41) is 2.86. The smallest absolute Gasteiger partial charge is 0.410 e. The maximum absolute atomic E-state index is 12.0. The van der Waals surface area contributed by atoms with Gasteiger partial charge < -0.3 is 10.1 Å². The van der Waals surface area contributed by atoms with Crippen molar-refractivity contribution in [2.24, 2.45) is 5.92 Å². The van der Waals surface area contributed by atoms with Crippen LogP contribution in [0.4, 0.5) is 4.79 Å². The molecule has 3 rings (SSSR count). The third kappa shape index (κ3) is 3.21. The molecular formula is C14H22N2O5S. The molecular weight excluding hydrogens is 308 g/mol. The highest BCUT2D eigenvalue weighted by Gasteiger charge is 2.50. The van der Waals surface area contributed by atoms with Gasteiger partial charge in [0.05, 0.1) is 17.5 Å². The number of fused-ring (bicyclic) bond motifs is 1. The Balaban J connectivity index is 1.48. The number of hydrogen-bond acceptors (Lipinski definition) is 5. The van der Waals surface area contributed by atoms with E-state index in [0.29, 0.717) is 13.1 Å². The van der Waals surface area contributed by atoms with Crippen LogP contribution >= 0.6 is 0 Å². The summed E-state index contributed by atoms with van der Waals surface area (Å²) in [6, 6.07) is -0.399. The average molecular weight is 330 g/mol. The van der Waals surface area contributed by atoms with Crippen molar-refractivity contribution in [1.82, 2.24) is 10.2 Å². The molecule has 7 nitrogen and oxygen atoms in total. The summed E-state index contributed by atoms with van der Waals surface area (Å²) in [7, 11) is -3.13. The SMILES string of the molecule is O=C(NCCN1C(=O)OC2CS(=O)(=O)CC21)C1CCCCC1. The summed E-state index contributed by atoms with van der Waals surface area (Å²) in [4.78, 5) is 25.3. The van der Waals surface area contributed by atoms with Crippen LogP contribution in [0, 0.1) is 5.92 Å². The van der Waals surface area contributed by atoms with Crippen LogP contribution in [0.5, 0.6) is 0 Å². The lowest BCUT2D eigenvalue weighted by Crippen LogP contribution is -2.43. The number of ether oxygens (including phenoxy) is 1. The molecule has 2 unspecified atom stereocenters. The molecule has 0 bridgehead atoms. The van der Waals surface area contributed by atoms with Crippen molar-refractivity contribution in [1.29, 1.82) is 0 Å².